The first-order chi connectivity index (χ1) is 34.2. The fraction of sp³-hybridized carbons (Fsp3) is 0. The molecule has 4 heterocycles. The van der Waals surface area contributed by atoms with Crippen LogP contribution in [0.5, 0.6) is 0 Å². The maximum absolute atomic E-state index is 7.03. The van der Waals surface area contributed by atoms with Gasteiger partial charge in [0.15, 0.2) is 17.5 Å². The van der Waals surface area contributed by atoms with Gasteiger partial charge in [-0.05, 0) is 65.2 Å². The lowest BCUT2D eigenvalue weighted by Crippen LogP contribution is -2.05. The summed E-state index contributed by atoms with van der Waals surface area (Å²) >= 11 is 0. The van der Waals surface area contributed by atoms with Gasteiger partial charge in [0.25, 0.3) is 0 Å². The van der Waals surface area contributed by atoms with Crippen LogP contribution in [0.4, 0.5) is 0 Å². The van der Waals surface area contributed by atoms with Crippen LogP contribution in [0.3, 0.4) is 0 Å². The maximum Gasteiger partial charge on any atom is 0.166 e. The van der Waals surface area contributed by atoms with Gasteiger partial charge in [-0.3, -0.25) is 0 Å². The molecule has 0 amide bonds. The van der Waals surface area contributed by atoms with Crippen molar-refractivity contribution in [3.8, 4) is 67.8 Å². The first-order valence-corrected chi connectivity index (χ1v) is 23.3. The van der Waals surface area contributed by atoms with E-state index in [2.05, 4.69) is 203 Å². The van der Waals surface area contributed by atoms with E-state index in [1.165, 1.54) is 21.7 Å². The van der Waals surface area contributed by atoms with Crippen molar-refractivity contribution in [3.05, 3.63) is 237 Å². The molecule has 0 saturated carbocycles. The van der Waals surface area contributed by atoms with E-state index in [-0.39, 0.29) is 0 Å². The first kappa shape index (κ1) is 38.8. The molecule has 0 aliphatic carbocycles. The van der Waals surface area contributed by atoms with E-state index >= 15 is 0 Å². The van der Waals surface area contributed by atoms with Crippen molar-refractivity contribution in [2.75, 3.05) is 0 Å². The van der Waals surface area contributed by atoms with Gasteiger partial charge in [0, 0.05) is 54.7 Å². The lowest BCUT2D eigenvalue weighted by Gasteiger charge is -2.19. The van der Waals surface area contributed by atoms with Gasteiger partial charge < -0.3 is 13.6 Å². The maximum atomic E-state index is 7.03. The molecule has 0 spiro atoms. The third-order valence-electron chi connectivity index (χ3n) is 13.6. The van der Waals surface area contributed by atoms with Gasteiger partial charge >= 0.3 is 0 Å². The van der Waals surface area contributed by atoms with Crippen molar-refractivity contribution in [2.45, 2.75) is 0 Å². The molecule has 0 fully saturated rings. The molecule has 10 aromatic carbocycles. The molecule has 0 aliphatic rings. The van der Waals surface area contributed by atoms with Crippen LogP contribution >= 0.6 is 0 Å². The SMILES string of the molecule is c1ccc(-c2nc(-c3ccccc3)nc(-c3c(-c4cc(-n5c6ccccc6c6ccccc65)cc5c4oc4ccccc45)cccc3-n3c4ccccc4c4c(-c5ccccc5)cccc43)n2)cc1. The zero-order chi connectivity index (χ0) is 45.4. The number of hydrogen-bond acceptors (Lipinski definition) is 4. The normalized spacial score (nSPS) is 11.8. The highest BCUT2D eigenvalue weighted by molar-refractivity contribution is 6.17. The Morgan fingerprint density at radius 2 is 0.812 bits per heavy atom. The van der Waals surface area contributed by atoms with Crippen molar-refractivity contribution in [1.29, 1.82) is 0 Å². The molecular weight excluding hydrogens is 843 g/mol. The Kier molecular flexibility index (Phi) is 8.79. The fourth-order valence-electron chi connectivity index (χ4n) is 10.6. The van der Waals surface area contributed by atoms with Crippen molar-refractivity contribution in [1.82, 2.24) is 24.1 Å². The Balaban J connectivity index is 1.15. The van der Waals surface area contributed by atoms with Crippen molar-refractivity contribution in [2.24, 2.45) is 0 Å². The lowest BCUT2D eigenvalue weighted by molar-refractivity contribution is 0.670. The second-order valence-electron chi connectivity index (χ2n) is 17.5. The molecule has 0 radical (unpaired) electrons. The molecule has 4 aromatic heterocycles. The number of nitrogens with zero attached hydrogens (tertiary/aromatic N) is 5. The number of rotatable bonds is 7. The number of fused-ring (bicyclic) bond motifs is 9. The average molecular weight is 882 g/mol. The zero-order valence-electron chi connectivity index (χ0n) is 37.2. The van der Waals surface area contributed by atoms with Crippen LogP contribution in [0.1, 0.15) is 0 Å². The van der Waals surface area contributed by atoms with E-state index in [4.69, 9.17) is 19.4 Å². The van der Waals surface area contributed by atoms with Crippen molar-refractivity contribution < 1.29 is 4.42 Å². The van der Waals surface area contributed by atoms with Gasteiger partial charge in [-0.15, -0.1) is 0 Å². The van der Waals surface area contributed by atoms with Gasteiger partial charge in [-0.1, -0.05) is 188 Å². The molecule has 69 heavy (non-hydrogen) atoms. The Morgan fingerprint density at radius 3 is 1.46 bits per heavy atom. The van der Waals surface area contributed by atoms with Crippen molar-refractivity contribution in [3.63, 3.8) is 0 Å². The molecule has 0 unspecified atom stereocenters. The topological polar surface area (TPSA) is 61.7 Å². The average Bonchev–Trinajstić information content (AvgIpc) is 4.09. The number of benzene rings is 10. The first-order valence-electron chi connectivity index (χ1n) is 23.3. The second kappa shape index (κ2) is 15.6. The Morgan fingerprint density at radius 1 is 0.319 bits per heavy atom. The largest absolute Gasteiger partial charge is 0.455 e. The summed E-state index contributed by atoms with van der Waals surface area (Å²) in [5.74, 6) is 1.72. The molecule has 14 rings (SSSR count). The predicted molar refractivity (Wildman–Crippen MR) is 283 cm³/mol. The van der Waals surface area contributed by atoms with Crippen LogP contribution < -0.4 is 0 Å². The van der Waals surface area contributed by atoms with Crippen molar-refractivity contribution >= 4 is 65.6 Å². The molecule has 0 N–H and O–H groups in total. The lowest BCUT2D eigenvalue weighted by atomic mass is 9.94. The molecule has 6 heteroatoms. The van der Waals surface area contributed by atoms with Crippen LogP contribution in [0.15, 0.2) is 241 Å². The summed E-state index contributed by atoms with van der Waals surface area (Å²) < 4.78 is 11.8. The number of para-hydroxylation sites is 4. The van der Waals surface area contributed by atoms with Crippen LogP contribution in [0.25, 0.3) is 133 Å². The van der Waals surface area contributed by atoms with Crippen LogP contribution in [0.2, 0.25) is 0 Å². The third kappa shape index (κ3) is 6.16. The fourth-order valence-corrected chi connectivity index (χ4v) is 10.6. The number of aromatic nitrogens is 5. The highest BCUT2D eigenvalue weighted by Gasteiger charge is 2.26. The monoisotopic (exact) mass is 881 g/mol. The minimum Gasteiger partial charge on any atom is -0.455 e. The number of furan rings is 1. The minimum absolute atomic E-state index is 0.546. The Labute approximate surface area is 396 Å². The summed E-state index contributed by atoms with van der Waals surface area (Å²) in [5, 5.41) is 6.79. The standard InChI is InChI=1S/C63H39N5O/c1-4-20-40(21-5-1)44-30-18-35-55-58(44)49-29-12-16-34-54(49)68(55)56-36-19-31-48(59(56)63-65-61(41-22-6-2-7-23-41)64-62(66-63)42-24-8-3-9-25-42)51-39-43(38-50-47-28-13-17-37-57(47)69-60(50)51)67-52-32-14-10-26-45(52)46-27-11-15-33-53(46)67/h1-39H. The van der Waals surface area contributed by atoms with E-state index in [1.807, 2.05) is 42.5 Å². The summed E-state index contributed by atoms with van der Waals surface area (Å²) in [7, 11) is 0. The Hall–Kier alpha value is -9.39. The second-order valence-corrected chi connectivity index (χ2v) is 17.5. The highest BCUT2D eigenvalue weighted by atomic mass is 16.3. The quantitative estimate of drug-likeness (QED) is 0.160. The molecule has 0 atom stereocenters. The van der Waals surface area contributed by atoms with Gasteiger partial charge in [0.1, 0.15) is 11.2 Å². The van der Waals surface area contributed by atoms with Crippen LogP contribution in [-0.2, 0) is 0 Å². The summed E-state index contributed by atoms with van der Waals surface area (Å²) in [6.45, 7) is 0. The minimum atomic E-state index is 0.546. The molecule has 0 bridgehead atoms. The van der Waals surface area contributed by atoms with E-state index in [0.29, 0.717) is 17.5 Å². The zero-order valence-corrected chi connectivity index (χ0v) is 37.2. The van der Waals surface area contributed by atoms with E-state index in [1.54, 1.807) is 0 Å². The molecule has 0 aliphatic heterocycles. The molecular formula is C63H39N5O. The summed E-state index contributed by atoms with van der Waals surface area (Å²) in [6, 6.07) is 83.3. The van der Waals surface area contributed by atoms with Gasteiger partial charge in [-0.2, -0.15) is 0 Å². The van der Waals surface area contributed by atoms with E-state index in [9.17, 15) is 0 Å². The van der Waals surface area contributed by atoms with Crippen LogP contribution in [-0.4, -0.2) is 24.1 Å². The molecule has 322 valence electrons. The van der Waals surface area contributed by atoms with E-state index < -0.39 is 0 Å². The summed E-state index contributed by atoms with van der Waals surface area (Å²) in [5.41, 5.74) is 14.8. The Bertz CT molecular complexity index is 4190. The molecule has 6 nitrogen and oxygen atoms in total. The summed E-state index contributed by atoms with van der Waals surface area (Å²) in [6.07, 6.45) is 0. The van der Waals surface area contributed by atoms with Gasteiger partial charge in [0.2, 0.25) is 0 Å². The molecule has 14 aromatic rings. The van der Waals surface area contributed by atoms with E-state index in [0.717, 1.165) is 94.1 Å². The smallest absolute Gasteiger partial charge is 0.166 e. The molecule has 0 saturated heterocycles. The number of hydrogen-bond donors (Lipinski definition) is 0. The van der Waals surface area contributed by atoms with Crippen LogP contribution in [0, 0.1) is 0 Å². The third-order valence-corrected chi connectivity index (χ3v) is 13.6. The highest BCUT2D eigenvalue weighted by Crippen LogP contribution is 2.47. The van der Waals surface area contributed by atoms with Gasteiger partial charge in [-0.25, -0.2) is 15.0 Å². The van der Waals surface area contributed by atoms with Gasteiger partial charge in [0.05, 0.1) is 33.3 Å². The summed E-state index contributed by atoms with van der Waals surface area (Å²) in [4.78, 5) is 16.1. The predicted octanol–water partition coefficient (Wildman–Crippen LogP) is 16.3.